The van der Waals surface area contributed by atoms with Gasteiger partial charge in [-0.3, -0.25) is 0 Å². The van der Waals surface area contributed by atoms with Gasteiger partial charge in [-0.05, 0) is 26.0 Å². The van der Waals surface area contributed by atoms with Crippen LogP contribution in [0.4, 0.5) is 0 Å². The summed E-state index contributed by atoms with van der Waals surface area (Å²) >= 11 is 10.6. The number of thioether (sulfide) groups is 6. The molecule has 0 amide bonds. The van der Waals surface area contributed by atoms with E-state index in [4.69, 9.17) is 28.4 Å². The Bertz CT molecular complexity index is 1050. The molecule has 0 atom stereocenters. The zero-order valence-corrected chi connectivity index (χ0v) is 28.7. The third-order valence-corrected chi connectivity index (χ3v) is 13.7. The number of rotatable bonds is 22. The number of nitrogens with zero attached hydrogens (tertiary/aromatic N) is 2. The molecule has 230 valence electrons. The molecule has 8 nitrogen and oxygen atoms in total. The lowest BCUT2D eigenvalue weighted by Gasteiger charge is -2.08. The summed E-state index contributed by atoms with van der Waals surface area (Å²) in [6.45, 7) is 11.3. The van der Waals surface area contributed by atoms with Crippen LogP contribution in [0.25, 0.3) is 0 Å². The van der Waals surface area contributed by atoms with Gasteiger partial charge >= 0.3 is 0 Å². The topological polar surface area (TPSA) is 103 Å². The van der Waals surface area contributed by atoms with E-state index < -0.39 is 0 Å². The summed E-state index contributed by atoms with van der Waals surface area (Å²) in [4.78, 5) is 2.06. The first-order valence-electron chi connectivity index (χ1n) is 13.6. The predicted octanol–water partition coefficient (Wildman–Crippen LogP) is 6.97. The monoisotopic (exact) mass is 688 g/mol. The minimum atomic E-state index is 0.423. The number of ether oxygens (including phenoxy) is 6. The molecule has 14 heteroatoms. The van der Waals surface area contributed by atoms with E-state index in [0.29, 0.717) is 90.4 Å². The molecule has 1 aromatic carbocycles. The molecule has 0 fully saturated rings. The van der Waals surface area contributed by atoms with E-state index in [2.05, 4.69) is 12.1 Å². The summed E-state index contributed by atoms with van der Waals surface area (Å²) in [5.41, 5.74) is 0.847. The fraction of sp³-hybridized carbons (Fsp3) is 0.571. The summed E-state index contributed by atoms with van der Waals surface area (Å²) in [6, 6.07) is 7.95. The highest BCUT2D eigenvalue weighted by atomic mass is 32.3. The Labute approximate surface area is 274 Å². The largest absolute Gasteiger partial charge is 0.379 e. The van der Waals surface area contributed by atoms with E-state index in [-0.39, 0.29) is 0 Å². The average molecular weight is 689 g/mol. The molecule has 2 aliphatic rings. The Morgan fingerprint density at radius 3 is 1.29 bits per heavy atom. The normalized spacial score (nSPS) is 14.5. The average Bonchev–Trinajstić information content (AvgIpc) is 3.61. The van der Waals surface area contributed by atoms with Crippen molar-refractivity contribution in [1.29, 1.82) is 10.5 Å². The van der Waals surface area contributed by atoms with Gasteiger partial charge in [0.25, 0.3) is 0 Å². The van der Waals surface area contributed by atoms with Crippen LogP contribution < -0.4 is 0 Å². The minimum Gasteiger partial charge on any atom is -0.379 e. The summed E-state index contributed by atoms with van der Waals surface area (Å²) < 4.78 is 38.1. The van der Waals surface area contributed by atoms with Gasteiger partial charge in [0.2, 0.25) is 0 Å². The van der Waals surface area contributed by atoms with E-state index in [1.54, 1.807) is 47.0 Å². The minimum absolute atomic E-state index is 0.423. The molecule has 2 heterocycles. The van der Waals surface area contributed by atoms with Gasteiger partial charge in [-0.2, -0.15) is 10.5 Å². The number of hydrogen-bond donors (Lipinski definition) is 0. The van der Waals surface area contributed by atoms with Crippen LogP contribution in [-0.2, 0) is 28.4 Å². The van der Waals surface area contributed by atoms with Crippen molar-refractivity contribution in [2.45, 2.75) is 23.6 Å². The zero-order chi connectivity index (χ0) is 29.8. The van der Waals surface area contributed by atoms with Crippen LogP contribution in [0.2, 0.25) is 0 Å². The van der Waals surface area contributed by atoms with Gasteiger partial charge in [0.15, 0.2) is 0 Å². The molecule has 3 rings (SSSR count). The third kappa shape index (κ3) is 12.9. The molecule has 0 saturated heterocycles. The molecule has 0 bridgehead atoms. The van der Waals surface area contributed by atoms with E-state index in [1.165, 1.54) is 16.9 Å². The van der Waals surface area contributed by atoms with Crippen molar-refractivity contribution in [3.05, 3.63) is 40.2 Å². The van der Waals surface area contributed by atoms with Gasteiger partial charge in [-0.1, -0.05) is 47.0 Å². The van der Waals surface area contributed by atoms with Crippen molar-refractivity contribution < 1.29 is 28.4 Å². The van der Waals surface area contributed by atoms with Crippen molar-refractivity contribution >= 4 is 70.6 Å². The maximum absolute atomic E-state index is 9.42. The first kappa shape index (κ1) is 36.0. The van der Waals surface area contributed by atoms with Crippen molar-refractivity contribution in [3.8, 4) is 12.1 Å². The van der Waals surface area contributed by atoms with Crippen LogP contribution in [0.3, 0.4) is 0 Å². The second-order valence-electron chi connectivity index (χ2n) is 8.17. The number of benzene rings is 1. The highest BCUT2D eigenvalue weighted by Crippen LogP contribution is 2.64. The van der Waals surface area contributed by atoms with Crippen LogP contribution in [0.5, 0.6) is 0 Å². The van der Waals surface area contributed by atoms with Gasteiger partial charge < -0.3 is 28.4 Å². The summed E-state index contributed by atoms with van der Waals surface area (Å²) in [5.74, 6) is 1.70. The molecule has 0 spiro atoms. The van der Waals surface area contributed by atoms with E-state index in [0.717, 1.165) is 21.3 Å². The lowest BCUT2D eigenvalue weighted by molar-refractivity contribution is 0.0200. The van der Waals surface area contributed by atoms with E-state index in [1.807, 2.05) is 49.5 Å². The second kappa shape index (κ2) is 22.1. The summed E-state index contributed by atoms with van der Waals surface area (Å²) in [7, 11) is 0. The third-order valence-electron chi connectivity index (χ3n) is 5.25. The first-order valence-corrected chi connectivity index (χ1v) is 18.8. The predicted molar refractivity (Wildman–Crippen MR) is 178 cm³/mol. The van der Waals surface area contributed by atoms with Crippen LogP contribution >= 0.6 is 70.6 Å². The molecule has 2 aliphatic heterocycles. The SMILES string of the molecule is CCOCCOCCOCCSC1=C(SCCOCCOCCOCC)SC(=C2Sc3cc(C#N)c(C#N)cc3S2)S1. The van der Waals surface area contributed by atoms with Crippen LogP contribution in [0.1, 0.15) is 25.0 Å². The highest BCUT2D eigenvalue weighted by molar-refractivity contribution is 8.42. The fourth-order valence-electron chi connectivity index (χ4n) is 3.30. The van der Waals surface area contributed by atoms with Crippen molar-refractivity contribution in [2.75, 3.05) is 90.8 Å². The highest BCUT2D eigenvalue weighted by Gasteiger charge is 2.30. The fourth-order valence-corrected chi connectivity index (χ4v) is 11.8. The molecule has 42 heavy (non-hydrogen) atoms. The summed E-state index contributed by atoms with van der Waals surface area (Å²) in [6.07, 6.45) is 0. The smallest absolute Gasteiger partial charge is 0.101 e. The summed E-state index contributed by atoms with van der Waals surface area (Å²) in [5, 5.41) is 18.8. The van der Waals surface area contributed by atoms with Gasteiger partial charge in [0.1, 0.15) is 12.1 Å². The number of hydrogen-bond acceptors (Lipinski definition) is 14. The molecule has 0 saturated carbocycles. The van der Waals surface area contributed by atoms with Crippen molar-refractivity contribution in [1.82, 2.24) is 0 Å². The first-order chi connectivity index (χ1) is 20.7. The lowest BCUT2D eigenvalue weighted by Crippen LogP contribution is -2.10. The van der Waals surface area contributed by atoms with Crippen LogP contribution in [0.15, 0.2) is 38.9 Å². The van der Waals surface area contributed by atoms with Crippen molar-refractivity contribution in [3.63, 3.8) is 0 Å². The molecular weight excluding hydrogens is 653 g/mol. The Morgan fingerprint density at radius 1 is 0.548 bits per heavy atom. The van der Waals surface area contributed by atoms with Crippen LogP contribution in [0, 0.1) is 22.7 Å². The molecule has 0 unspecified atom stereocenters. The van der Waals surface area contributed by atoms with Gasteiger partial charge in [-0.25, -0.2) is 0 Å². The molecule has 0 N–H and O–H groups in total. The molecule has 0 aromatic heterocycles. The standard InChI is InChI=1S/C28H36N2O6S6/c1-3-31-5-7-33-9-11-35-13-15-37-25-26(38-16-14-36-12-10-34-8-6-32-4-2)42-28(41-25)27-39-23-17-21(19-29)22(20-30)18-24(23)40-27/h17-18H,3-16H2,1-2H3. The Hall–Kier alpha value is -0.460. The Balaban J connectivity index is 1.48. The lowest BCUT2D eigenvalue weighted by atomic mass is 10.1. The molecule has 1 aromatic rings. The molecular formula is C28H36N2O6S6. The van der Waals surface area contributed by atoms with Crippen molar-refractivity contribution in [2.24, 2.45) is 0 Å². The Morgan fingerprint density at radius 2 is 0.905 bits per heavy atom. The van der Waals surface area contributed by atoms with Gasteiger partial charge in [0.05, 0.1) is 94.1 Å². The van der Waals surface area contributed by atoms with Gasteiger partial charge in [-0.15, -0.1) is 23.5 Å². The maximum Gasteiger partial charge on any atom is 0.101 e. The quantitative estimate of drug-likeness (QED) is 0.117. The number of nitriles is 2. The van der Waals surface area contributed by atoms with Gasteiger partial charge in [0, 0.05) is 34.5 Å². The Kier molecular flexibility index (Phi) is 19.0. The second-order valence-corrected chi connectivity index (χ2v) is 15.6. The zero-order valence-electron chi connectivity index (χ0n) is 23.8. The molecule has 0 aliphatic carbocycles. The molecule has 0 radical (unpaired) electrons. The number of fused-ring (bicyclic) bond motifs is 1. The maximum atomic E-state index is 9.42. The van der Waals surface area contributed by atoms with E-state index >= 15 is 0 Å². The van der Waals surface area contributed by atoms with E-state index in [9.17, 15) is 10.5 Å². The van der Waals surface area contributed by atoms with Crippen LogP contribution in [-0.4, -0.2) is 90.8 Å².